The third kappa shape index (κ3) is 4.48. The van der Waals surface area contributed by atoms with Crippen molar-refractivity contribution in [2.75, 3.05) is 17.7 Å². The zero-order chi connectivity index (χ0) is 17.6. The van der Waals surface area contributed by atoms with Gasteiger partial charge in [-0.05, 0) is 42.8 Å². The number of nitrogens with zero attached hydrogens (tertiary/aromatic N) is 2. The van der Waals surface area contributed by atoms with Crippen LogP contribution in [-0.2, 0) is 6.54 Å². The normalized spacial score (nSPS) is 10.4. The van der Waals surface area contributed by atoms with E-state index in [-0.39, 0.29) is 0 Å². The lowest BCUT2D eigenvalue weighted by Crippen LogP contribution is -2.05. The lowest BCUT2D eigenvalue weighted by atomic mass is 10.2. The summed E-state index contributed by atoms with van der Waals surface area (Å²) in [6.07, 6.45) is 1.73. The van der Waals surface area contributed by atoms with Gasteiger partial charge in [-0.3, -0.25) is 0 Å². The minimum atomic E-state index is 0.551. The molecule has 1 aromatic heterocycles. The predicted octanol–water partition coefficient (Wildman–Crippen LogP) is 4.91. The molecule has 0 saturated heterocycles. The van der Waals surface area contributed by atoms with E-state index in [1.807, 2.05) is 55.5 Å². The highest BCUT2D eigenvalue weighted by Crippen LogP contribution is 2.23. The number of hydrogen-bond donors (Lipinski definition) is 2. The van der Waals surface area contributed by atoms with Crippen LogP contribution in [0.25, 0.3) is 0 Å². The maximum Gasteiger partial charge on any atom is 0.229 e. The maximum absolute atomic E-state index is 5.37. The molecule has 3 aromatic rings. The molecule has 0 aliphatic rings. The smallest absolute Gasteiger partial charge is 0.229 e. The molecule has 1 heterocycles. The molecule has 3 rings (SSSR count). The van der Waals surface area contributed by atoms with Gasteiger partial charge in [0.15, 0.2) is 0 Å². The van der Waals surface area contributed by atoms with Crippen LogP contribution in [0.2, 0.25) is 0 Å². The summed E-state index contributed by atoms with van der Waals surface area (Å²) in [5.41, 5.74) is 3.16. The first-order valence-corrected chi connectivity index (χ1v) is 8.67. The number of aryl methyl sites for hydroxylation is 1. The Hall–Kier alpha value is -2.60. The van der Waals surface area contributed by atoms with Gasteiger partial charge in [-0.15, -0.1) is 0 Å². The summed E-state index contributed by atoms with van der Waals surface area (Å²) >= 11 is 3.47. The maximum atomic E-state index is 5.37. The third-order valence-electron chi connectivity index (χ3n) is 3.74. The van der Waals surface area contributed by atoms with Crippen molar-refractivity contribution in [3.8, 4) is 5.75 Å². The second-order valence-electron chi connectivity index (χ2n) is 5.52. The molecule has 0 unspecified atom stereocenters. The quantitative estimate of drug-likeness (QED) is 0.617. The Bertz CT molecular complexity index is 870. The standard InChI is InChI=1S/C19H19BrN4O/c1-13-11-15(20)7-8-16(13)23-19-21-10-9-18(24-19)22-12-14-5-3-4-6-17(14)25-2/h3-11H,12H2,1-2H3,(H2,21,22,23,24). The van der Waals surface area contributed by atoms with Crippen LogP contribution in [0, 0.1) is 6.92 Å². The first-order valence-electron chi connectivity index (χ1n) is 7.87. The van der Waals surface area contributed by atoms with Gasteiger partial charge in [0.2, 0.25) is 5.95 Å². The number of hydrogen-bond acceptors (Lipinski definition) is 5. The number of halogens is 1. The number of para-hydroxylation sites is 1. The summed E-state index contributed by atoms with van der Waals surface area (Å²) in [5, 5.41) is 6.56. The topological polar surface area (TPSA) is 59.1 Å². The van der Waals surface area contributed by atoms with Crippen LogP contribution in [0.1, 0.15) is 11.1 Å². The second kappa shape index (κ2) is 7.98. The fourth-order valence-corrected chi connectivity index (χ4v) is 2.92. The van der Waals surface area contributed by atoms with E-state index in [1.54, 1.807) is 13.3 Å². The van der Waals surface area contributed by atoms with Gasteiger partial charge >= 0.3 is 0 Å². The minimum Gasteiger partial charge on any atom is -0.496 e. The van der Waals surface area contributed by atoms with E-state index in [2.05, 4.69) is 36.5 Å². The van der Waals surface area contributed by atoms with Crippen LogP contribution >= 0.6 is 15.9 Å². The fraction of sp³-hybridized carbons (Fsp3) is 0.158. The van der Waals surface area contributed by atoms with E-state index in [0.717, 1.165) is 32.9 Å². The molecule has 0 spiro atoms. The van der Waals surface area contributed by atoms with Crippen LogP contribution in [0.15, 0.2) is 59.2 Å². The number of aromatic nitrogens is 2. The third-order valence-corrected chi connectivity index (χ3v) is 4.24. The molecule has 6 heteroatoms. The van der Waals surface area contributed by atoms with Gasteiger partial charge < -0.3 is 15.4 Å². The second-order valence-corrected chi connectivity index (χ2v) is 6.43. The summed E-state index contributed by atoms with van der Waals surface area (Å²) in [7, 11) is 1.67. The van der Waals surface area contributed by atoms with Gasteiger partial charge in [0.05, 0.1) is 7.11 Å². The molecule has 25 heavy (non-hydrogen) atoms. The van der Waals surface area contributed by atoms with Crippen molar-refractivity contribution in [2.24, 2.45) is 0 Å². The summed E-state index contributed by atoms with van der Waals surface area (Å²) < 4.78 is 6.42. The minimum absolute atomic E-state index is 0.551. The zero-order valence-electron chi connectivity index (χ0n) is 14.1. The van der Waals surface area contributed by atoms with Crippen molar-refractivity contribution in [1.82, 2.24) is 9.97 Å². The van der Waals surface area contributed by atoms with Crippen molar-refractivity contribution < 1.29 is 4.74 Å². The average Bonchev–Trinajstić information content (AvgIpc) is 2.63. The van der Waals surface area contributed by atoms with Crippen LogP contribution in [0.5, 0.6) is 5.75 Å². The molecule has 0 atom stereocenters. The molecule has 2 aromatic carbocycles. The molecule has 0 amide bonds. The fourth-order valence-electron chi connectivity index (χ4n) is 2.44. The molecule has 0 radical (unpaired) electrons. The largest absolute Gasteiger partial charge is 0.496 e. The molecular formula is C19H19BrN4O. The Morgan fingerprint density at radius 2 is 1.96 bits per heavy atom. The highest BCUT2D eigenvalue weighted by atomic mass is 79.9. The highest BCUT2D eigenvalue weighted by Gasteiger charge is 2.05. The van der Waals surface area contributed by atoms with Crippen LogP contribution in [0.3, 0.4) is 0 Å². The van der Waals surface area contributed by atoms with Crippen molar-refractivity contribution >= 4 is 33.4 Å². The van der Waals surface area contributed by atoms with E-state index < -0.39 is 0 Å². The Morgan fingerprint density at radius 1 is 1.12 bits per heavy atom. The van der Waals surface area contributed by atoms with Crippen LogP contribution < -0.4 is 15.4 Å². The summed E-state index contributed by atoms with van der Waals surface area (Å²) in [4.78, 5) is 8.80. The Kier molecular flexibility index (Phi) is 5.50. The molecule has 0 fully saturated rings. The monoisotopic (exact) mass is 398 g/mol. The van der Waals surface area contributed by atoms with Crippen molar-refractivity contribution in [3.63, 3.8) is 0 Å². The Morgan fingerprint density at radius 3 is 2.76 bits per heavy atom. The SMILES string of the molecule is COc1ccccc1CNc1ccnc(Nc2ccc(Br)cc2C)n1. The molecular weight excluding hydrogens is 380 g/mol. The van der Waals surface area contributed by atoms with Gasteiger partial charge in [0, 0.05) is 28.5 Å². The molecule has 0 saturated carbocycles. The van der Waals surface area contributed by atoms with Crippen molar-refractivity contribution in [1.29, 1.82) is 0 Å². The lowest BCUT2D eigenvalue weighted by Gasteiger charge is -2.12. The van der Waals surface area contributed by atoms with Crippen LogP contribution in [-0.4, -0.2) is 17.1 Å². The molecule has 0 aliphatic heterocycles. The van der Waals surface area contributed by atoms with E-state index in [1.165, 1.54) is 0 Å². The number of rotatable bonds is 6. The number of benzene rings is 2. The number of ether oxygens (including phenoxy) is 1. The highest BCUT2D eigenvalue weighted by molar-refractivity contribution is 9.10. The number of nitrogens with one attached hydrogen (secondary N) is 2. The summed E-state index contributed by atoms with van der Waals surface area (Å²) in [6, 6.07) is 15.8. The zero-order valence-corrected chi connectivity index (χ0v) is 15.7. The van der Waals surface area contributed by atoms with Gasteiger partial charge in [-0.25, -0.2) is 4.98 Å². The van der Waals surface area contributed by atoms with Gasteiger partial charge in [-0.2, -0.15) is 4.98 Å². The number of anilines is 3. The van der Waals surface area contributed by atoms with Gasteiger partial charge in [0.25, 0.3) is 0 Å². The number of methoxy groups -OCH3 is 1. The van der Waals surface area contributed by atoms with E-state index in [9.17, 15) is 0 Å². The molecule has 0 bridgehead atoms. The summed E-state index contributed by atoms with van der Waals surface area (Å²) in [6.45, 7) is 2.66. The van der Waals surface area contributed by atoms with E-state index in [0.29, 0.717) is 12.5 Å². The molecule has 5 nitrogen and oxygen atoms in total. The van der Waals surface area contributed by atoms with Crippen LogP contribution in [0.4, 0.5) is 17.5 Å². The molecule has 128 valence electrons. The van der Waals surface area contributed by atoms with Gasteiger partial charge in [-0.1, -0.05) is 34.1 Å². The molecule has 2 N–H and O–H groups in total. The van der Waals surface area contributed by atoms with E-state index >= 15 is 0 Å². The molecule has 0 aliphatic carbocycles. The summed E-state index contributed by atoms with van der Waals surface area (Å²) in [5.74, 6) is 2.15. The Balaban J connectivity index is 1.71. The first-order chi connectivity index (χ1) is 12.2. The predicted molar refractivity (Wildman–Crippen MR) is 105 cm³/mol. The van der Waals surface area contributed by atoms with Crippen molar-refractivity contribution in [2.45, 2.75) is 13.5 Å². The Labute approximate surface area is 155 Å². The van der Waals surface area contributed by atoms with Gasteiger partial charge in [0.1, 0.15) is 11.6 Å². The first kappa shape index (κ1) is 17.2. The van der Waals surface area contributed by atoms with E-state index in [4.69, 9.17) is 4.74 Å². The van der Waals surface area contributed by atoms with Crippen molar-refractivity contribution in [3.05, 3.63) is 70.3 Å². The lowest BCUT2D eigenvalue weighted by molar-refractivity contribution is 0.410. The average molecular weight is 399 g/mol.